The summed E-state index contributed by atoms with van der Waals surface area (Å²) in [6, 6.07) is 7.76. The van der Waals surface area contributed by atoms with Gasteiger partial charge in [-0.15, -0.1) is 0 Å². The zero-order valence-corrected chi connectivity index (χ0v) is 17.0. The number of nitrogens with one attached hydrogen (secondary N) is 1. The molecule has 1 amide bonds. The number of hydrogen-bond acceptors (Lipinski definition) is 4. The Bertz CT molecular complexity index is 926. The molecule has 5 nitrogen and oxygen atoms in total. The SMILES string of the molecule is CC(=O)Nc1cc(-c2cccc(F)c2)c(B2OC(C)(C)C(C)(C)O2)c(C)c1O. The molecule has 1 aliphatic heterocycles. The van der Waals surface area contributed by atoms with Crippen molar-refractivity contribution in [1.29, 1.82) is 0 Å². The monoisotopic (exact) mass is 385 g/mol. The summed E-state index contributed by atoms with van der Waals surface area (Å²) in [6.07, 6.45) is 0. The van der Waals surface area contributed by atoms with Gasteiger partial charge in [0.15, 0.2) is 0 Å². The smallest absolute Gasteiger partial charge is 0.495 e. The minimum absolute atomic E-state index is 0.0694. The van der Waals surface area contributed by atoms with Crippen molar-refractivity contribution in [3.8, 4) is 16.9 Å². The lowest BCUT2D eigenvalue weighted by Gasteiger charge is -2.32. The van der Waals surface area contributed by atoms with E-state index in [4.69, 9.17) is 9.31 Å². The third kappa shape index (κ3) is 3.52. The van der Waals surface area contributed by atoms with E-state index in [1.807, 2.05) is 27.7 Å². The highest BCUT2D eigenvalue weighted by molar-refractivity contribution is 6.64. The summed E-state index contributed by atoms with van der Waals surface area (Å²) in [5.74, 6) is -0.771. The van der Waals surface area contributed by atoms with E-state index in [0.717, 1.165) is 0 Å². The summed E-state index contributed by atoms with van der Waals surface area (Å²) in [5, 5.41) is 13.3. The van der Waals surface area contributed by atoms with Crippen molar-refractivity contribution in [3.63, 3.8) is 0 Å². The molecule has 2 aromatic rings. The van der Waals surface area contributed by atoms with Gasteiger partial charge < -0.3 is 19.7 Å². The molecule has 1 saturated heterocycles. The summed E-state index contributed by atoms with van der Waals surface area (Å²) >= 11 is 0. The first-order valence-corrected chi connectivity index (χ1v) is 9.18. The Morgan fingerprint density at radius 3 is 2.29 bits per heavy atom. The fourth-order valence-corrected chi connectivity index (χ4v) is 3.27. The van der Waals surface area contributed by atoms with E-state index in [1.165, 1.54) is 19.1 Å². The van der Waals surface area contributed by atoms with Crippen LogP contribution in [0.5, 0.6) is 5.75 Å². The molecule has 0 aliphatic carbocycles. The third-order valence-corrected chi connectivity index (χ3v) is 5.53. The van der Waals surface area contributed by atoms with Crippen molar-refractivity contribution in [2.75, 3.05) is 5.32 Å². The first kappa shape index (κ1) is 20.4. The zero-order valence-electron chi connectivity index (χ0n) is 17.0. The largest absolute Gasteiger partial charge is 0.506 e. The van der Waals surface area contributed by atoms with Gasteiger partial charge in [-0.2, -0.15) is 0 Å². The molecule has 0 unspecified atom stereocenters. The van der Waals surface area contributed by atoms with Crippen molar-refractivity contribution >= 4 is 24.2 Å². The molecule has 7 heteroatoms. The van der Waals surface area contributed by atoms with Gasteiger partial charge in [0, 0.05) is 6.92 Å². The molecule has 2 aromatic carbocycles. The van der Waals surface area contributed by atoms with Gasteiger partial charge in [-0.05, 0) is 75.0 Å². The lowest BCUT2D eigenvalue weighted by Crippen LogP contribution is -2.41. The Kier molecular flexibility index (Phi) is 5.02. The lowest BCUT2D eigenvalue weighted by atomic mass is 9.71. The van der Waals surface area contributed by atoms with E-state index in [2.05, 4.69) is 5.32 Å². The van der Waals surface area contributed by atoms with Crippen molar-refractivity contribution in [2.24, 2.45) is 0 Å². The number of carbonyl (C=O) groups is 1. The molecule has 0 bridgehead atoms. The second kappa shape index (κ2) is 6.90. The molecular weight excluding hydrogens is 360 g/mol. The number of carbonyl (C=O) groups excluding carboxylic acids is 1. The van der Waals surface area contributed by atoms with Crippen LogP contribution < -0.4 is 10.8 Å². The van der Waals surface area contributed by atoms with Crippen LogP contribution in [-0.4, -0.2) is 29.3 Å². The molecule has 0 spiro atoms. The van der Waals surface area contributed by atoms with E-state index in [1.54, 1.807) is 25.1 Å². The number of phenolic OH excluding ortho intramolecular Hbond substituents is 1. The molecule has 1 heterocycles. The van der Waals surface area contributed by atoms with Gasteiger partial charge in [0.1, 0.15) is 11.6 Å². The van der Waals surface area contributed by atoms with Crippen LogP contribution in [-0.2, 0) is 14.1 Å². The van der Waals surface area contributed by atoms with Gasteiger partial charge in [-0.25, -0.2) is 4.39 Å². The lowest BCUT2D eigenvalue weighted by molar-refractivity contribution is -0.114. The molecular formula is C21H25BFNO4. The molecule has 1 fully saturated rings. The Labute approximate surface area is 165 Å². The van der Waals surface area contributed by atoms with Crippen LogP contribution in [0.25, 0.3) is 11.1 Å². The number of rotatable bonds is 3. The van der Waals surface area contributed by atoms with Gasteiger partial charge in [0.05, 0.1) is 16.9 Å². The predicted molar refractivity (Wildman–Crippen MR) is 108 cm³/mol. The van der Waals surface area contributed by atoms with Gasteiger partial charge in [0.2, 0.25) is 5.91 Å². The average Bonchev–Trinajstić information content (AvgIpc) is 2.78. The summed E-state index contributed by atoms with van der Waals surface area (Å²) < 4.78 is 26.3. The molecule has 0 aromatic heterocycles. The van der Waals surface area contributed by atoms with Crippen LogP contribution in [0.1, 0.15) is 40.2 Å². The van der Waals surface area contributed by atoms with Gasteiger partial charge >= 0.3 is 7.12 Å². The maximum Gasteiger partial charge on any atom is 0.495 e. The highest BCUT2D eigenvalue weighted by Crippen LogP contribution is 2.40. The maximum absolute atomic E-state index is 13.9. The fourth-order valence-electron chi connectivity index (χ4n) is 3.27. The van der Waals surface area contributed by atoms with Crippen LogP contribution >= 0.6 is 0 Å². The summed E-state index contributed by atoms with van der Waals surface area (Å²) in [7, 11) is -0.749. The van der Waals surface area contributed by atoms with Crippen LogP contribution in [0.4, 0.5) is 10.1 Å². The Morgan fingerprint density at radius 2 is 1.75 bits per heavy atom. The number of aromatic hydroxyl groups is 1. The summed E-state index contributed by atoms with van der Waals surface area (Å²) in [6.45, 7) is 10.8. The molecule has 148 valence electrons. The first-order chi connectivity index (χ1) is 12.9. The van der Waals surface area contributed by atoms with E-state index in [0.29, 0.717) is 22.2 Å². The Balaban J connectivity index is 2.24. The number of amides is 1. The second-order valence-corrected chi connectivity index (χ2v) is 8.14. The van der Waals surface area contributed by atoms with Crippen molar-refractivity contribution < 1.29 is 23.6 Å². The number of phenols is 1. The summed E-state index contributed by atoms with van der Waals surface area (Å²) in [4.78, 5) is 11.6. The molecule has 1 aliphatic rings. The molecule has 28 heavy (non-hydrogen) atoms. The molecule has 0 atom stereocenters. The van der Waals surface area contributed by atoms with Crippen molar-refractivity contribution in [3.05, 3.63) is 41.7 Å². The fraction of sp³-hybridized carbons (Fsp3) is 0.381. The molecule has 0 saturated carbocycles. The number of benzene rings is 2. The number of hydrogen-bond donors (Lipinski definition) is 2. The van der Waals surface area contributed by atoms with E-state index < -0.39 is 18.3 Å². The third-order valence-electron chi connectivity index (χ3n) is 5.53. The van der Waals surface area contributed by atoms with Crippen LogP contribution in [0.2, 0.25) is 0 Å². The first-order valence-electron chi connectivity index (χ1n) is 9.18. The predicted octanol–water partition coefficient (Wildman–Crippen LogP) is 3.76. The Hall–Kier alpha value is -2.38. The summed E-state index contributed by atoms with van der Waals surface area (Å²) in [5.41, 5.74) is 1.44. The van der Waals surface area contributed by atoms with Crippen LogP contribution in [0, 0.1) is 12.7 Å². The minimum atomic E-state index is -0.749. The minimum Gasteiger partial charge on any atom is -0.506 e. The molecule has 3 rings (SSSR count). The average molecular weight is 385 g/mol. The number of anilines is 1. The van der Waals surface area contributed by atoms with Crippen molar-refractivity contribution in [1.82, 2.24) is 0 Å². The standard InChI is InChI=1S/C21H25BFNO4/c1-12-18(22-27-20(3,4)21(5,6)28-22)16(14-8-7-9-15(23)10-14)11-17(19(12)26)24-13(2)25/h7-11,26H,1-6H3,(H,24,25). The Morgan fingerprint density at radius 1 is 1.14 bits per heavy atom. The number of halogens is 1. The topological polar surface area (TPSA) is 67.8 Å². The van der Waals surface area contributed by atoms with E-state index in [9.17, 15) is 14.3 Å². The maximum atomic E-state index is 13.9. The van der Waals surface area contributed by atoms with E-state index >= 15 is 0 Å². The van der Waals surface area contributed by atoms with Gasteiger partial charge in [0.25, 0.3) is 0 Å². The van der Waals surface area contributed by atoms with Crippen LogP contribution in [0.15, 0.2) is 30.3 Å². The highest BCUT2D eigenvalue weighted by Gasteiger charge is 2.53. The highest BCUT2D eigenvalue weighted by atomic mass is 19.1. The zero-order chi connectivity index (χ0) is 20.9. The quantitative estimate of drug-likeness (QED) is 0.624. The van der Waals surface area contributed by atoms with Gasteiger partial charge in [-0.3, -0.25) is 4.79 Å². The van der Waals surface area contributed by atoms with Gasteiger partial charge in [-0.1, -0.05) is 12.1 Å². The van der Waals surface area contributed by atoms with E-state index in [-0.39, 0.29) is 23.2 Å². The second-order valence-electron chi connectivity index (χ2n) is 8.14. The normalized spacial score (nSPS) is 17.6. The van der Waals surface area contributed by atoms with Crippen molar-refractivity contribution in [2.45, 2.75) is 52.7 Å². The molecule has 2 N–H and O–H groups in total. The molecule has 0 radical (unpaired) electrons. The van der Waals surface area contributed by atoms with Crippen LogP contribution in [0.3, 0.4) is 0 Å².